The van der Waals surface area contributed by atoms with Gasteiger partial charge in [0.1, 0.15) is 6.61 Å². The quantitative estimate of drug-likeness (QED) is 0.378. The first kappa shape index (κ1) is 11.5. The minimum absolute atomic E-state index is 0.703. The van der Waals surface area contributed by atoms with Crippen LogP contribution in [0.1, 0.15) is 13.8 Å². The van der Waals surface area contributed by atoms with Crippen LogP contribution in [0, 0.1) is 0 Å². The maximum absolute atomic E-state index is 5.16. The first-order valence-electron chi connectivity index (χ1n) is 5.22. The zero-order valence-electron chi connectivity index (χ0n) is 9.49. The Kier molecular flexibility index (Phi) is 4.90. The molecule has 0 atom stereocenters. The van der Waals surface area contributed by atoms with Crippen LogP contribution >= 0.6 is 0 Å². The number of nitrogens with zero attached hydrogens (tertiary/aromatic N) is 3. The number of hydrogen-bond donors (Lipinski definition) is 0. The predicted octanol–water partition coefficient (Wildman–Crippen LogP) is 0.646. The molecular weight excluding hydrogens is 178 g/mol. The summed E-state index contributed by atoms with van der Waals surface area (Å²) in [6.07, 6.45) is 0. The molecule has 82 valence electrons. The fourth-order valence-corrected chi connectivity index (χ4v) is 1.42. The van der Waals surface area contributed by atoms with E-state index in [1.165, 1.54) is 0 Å². The van der Waals surface area contributed by atoms with E-state index in [0.717, 1.165) is 38.4 Å². The monoisotopic (exact) mass is 199 g/mol. The van der Waals surface area contributed by atoms with Crippen molar-refractivity contribution in [1.82, 2.24) is 9.80 Å². The summed E-state index contributed by atoms with van der Waals surface area (Å²) in [6.45, 7) is 10.2. The van der Waals surface area contributed by atoms with Crippen molar-refractivity contribution in [2.75, 3.05) is 46.4 Å². The van der Waals surface area contributed by atoms with Crippen molar-refractivity contribution < 1.29 is 4.84 Å². The number of hydrogen-bond acceptors (Lipinski definition) is 4. The van der Waals surface area contributed by atoms with Gasteiger partial charge in [-0.2, -0.15) is 0 Å². The standard InChI is InChI=1S/C10H21N3O/c1-10(2)11-14-9-8-13-6-4-12(3)5-7-13/h4-9H2,1-3H3. The van der Waals surface area contributed by atoms with E-state index in [9.17, 15) is 0 Å². The summed E-state index contributed by atoms with van der Waals surface area (Å²) >= 11 is 0. The summed E-state index contributed by atoms with van der Waals surface area (Å²) in [6, 6.07) is 0. The van der Waals surface area contributed by atoms with Gasteiger partial charge in [-0.1, -0.05) is 5.16 Å². The van der Waals surface area contributed by atoms with Crippen molar-refractivity contribution in [3.05, 3.63) is 0 Å². The van der Waals surface area contributed by atoms with Crippen molar-refractivity contribution >= 4 is 5.71 Å². The average Bonchev–Trinajstić information content (AvgIpc) is 2.15. The molecule has 0 spiro atoms. The van der Waals surface area contributed by atoms with Crippen LogP contribution in [0.2, 0.25) is 0 Å². The van der Waals surface area contributed by atoms with Gasteiger partial charge in [0.15, 0.2) is 0 Å². The minimum atomic E-state index is 0.703. The van der Waals surface area contributed by atoms with Gasteiger partial charge in [0, 0.05) is 32.7 Å². The van der Waals surface area contributed by atoms with Crippen LogP contribution < -0.4 is 0 Å². The summed E-state index contributed by atoms with van der Waals surface area (Å²) in [7, 11) is 2.17. The van der Waals surface area contributed by atoms with Crippen LogP contribution in [0.25, 0.3) is 0 Å². The fraction of sp³-hybridized carbons (Fsp3) is 0.900. The van der Waals surface area contributed by atoms with Crippen LogP contribution in [-0.4, -0.2) is 61.9 Å². The van der Waals surface area contributed by atoms with E-state index in [0.29, 0.717) is 6.61 Å². The molecule has 4 nitrogen and oxygen atoms in total. The fourth-order valence-electron chi connectivity index (χ4n) is 1.42. The van der Waals surface area contributed by atoms with Crippen LogP contribution in [0.3, 0.4) is 0 Å². The highest BCUT2D eigenvalue weighted by atomic mass is 16.6. The van der Waals surface area contributed by atoms with Gasteiger partial charge in [0.05, 0.1) is 5.71 Å². The third-order valence-corrected chi connectivity index (χ3v) is 2.34. The van der Waals surface area contributed by atoms with Gasteiger partial charge in [-0.05, 0) is 20.9 Å². The SMILES string of the molecule is CC(C)=NOCCN1CCN(C)CC1. The smallest absolute Gasteiger partial charge is 0.129 e. The third kappa shape index (κ3) is 4.58. The normalized spacial score (nSPS) is 19.4. The molecule has 0 bridgehead atoms. The zero-order valence-corrected chi connectivity index (χ0v) is 9.49. The molecule has 0 radical (unpaired) electrons. The molecule has 1 aliphatic rings. The van der Waals surface area contributed by atoms with E-state index in [1.54, 1.807) is 0 Å². The molecule has 0 unspecified atom stereocenters. The second-order valence-electron chi connectivity index (χ2n) is 4.02. The molecule has 1 heterocycles. The highest BCUT2D eigenvalue weighted by Crippen LogP contribution is 1.98. The molecular formula is C10H21N3O. The maximum atomic E-state index is 5.16. The van der Waals surface area contributed by atoms with E-state index in [2.05, 4.69) is 22.0 Å². The molecule has 0 amide bonds. The van der Waals surface area contributed by atoms with Gasteiger partial charge in [-0.15, -0.1) is 0 Å². The lowest BCUT2D eigenvalue weighted by Gasteiger charge is -2.31. The number of piperazine rings is 1. The third-order valence-electron chi connectivity index (χ3n) is 2.34. The number of likely N-dealkylation sites (N-methyl/N-ethyl adjacent to an activating group) is 1. The molecule has 1 saturated heterocycles. The Morgan fingerprint density at radius 1 is 1.21 bits per heavy atom. The van der Waals surface area contributed by atoms with Crippen LogP contribution in [0.15, 0.2) is 5.16 Å². The molecule has 0 saturated carbocycles. The van der Waals surface area contributed by atoms with E-state index in [1.807, 2.05) is 13.8 Å². The van der Waals surface area contributed by atoms with E-state index >= 15 is 0 Å². The summed E-state index contributed by atoms with van der Waals surface area (Å²) in [4.78, 5) is 9.93. The molecule has 0 aliphatic carbocycles. The molecule has 0 aromatic carbocycles. The van der Waals surface area contributed by atoms with Crippen LogP contribution in [-0.2, 0) is 4.84 Å². The lowest BCUT2D eigenvalue weighted by molar-refractivity contribution is 0.0859. The largest absolute Gasteiger partial charge is 0.395 e. The second kappa shape index (κ2) is 5.98. The Balaban J connectivity index is 2.05. The predicted molar refractivity (Wildman–Crippen MR) is 58.7 cm³/mol. The Hall–Kier alpha value is -0.610. The zero-order chi connectivity index (χ0) is 10.4. The Morgan fingerprint density at radius 2 is 1.86 bits per heavy atom. The molecule has 0 aromatic rings. The highest BCUT2D eigenvalue weighted by molar-refractivity contribution is 5.78. The second-order valence-corrected chi connectivity index (χ2v) is 4.02. The summed E-state index contributed by atoms with van der Waals surface area (Å²) in [5, 5.41) is 3.90. The summed E-state index contributed by atoms with van der Waals surface area (Å²) < 4.78 is 0. The number of rotatable bonds is 4. The van der Waals surface area contributed by atoms with Gasteiger partial charge < -0.3 is 9.74 Å². The Bertz CT molecular complexity index is 182. The molecule has 1 aliphatic heterocycles. The molecule has 1 fully saturated rings. The van der Waals surface area contributed by atoms with E-state index in [4.69, 9.17) is 4.84 Å². The van der Waals surface area contributed by atoms with Crippen molar-refractivity contribution in [1.29, 1.82) is 0 Å². The lowest BCUT2D eigenvalue weighted by atomic mass is 10.3. The molecule has 4 heteroatoms. The van der Waals surface area contributed by atoms with Crippen molar-refractivity contribution in [3.8, 4) is 0 Å². The summed E-state index contributed by atoms with van der Waals surface area (Å²) in [5.41, 5.74) is 0.975. The molecule has 1 rings (SSSR count). The Labute approximate surface area is 86.5 Å². The van der Waals surface area contributed by atoms with E-state index < -0.39 is 0 Å². The summed E-state index contributed by atoms with van der Waals surface area (Å²) in [5.74, 6) is 0. The van der Waals surface area contributed by atoms with Crippen molar-refractivity contribution in [2.24, 2.45) is 5.16 Å². The number of oxime groups is 1. The lowest BCUT2D eigenvalue weighted by Crippen LogP contribution is -2.45. The van der Waals surface area contributed by atoms with Gasteiger partial charge in [0.25, 0.3) is 0 Å². The van der Waals surface area contributed by atoms with Gasteiger partial charge >= 0.3 is 0 Å². The van der Waals surface area contributed by atoms with Gasteiger partial charge in [0.2, 0.25) is 0 Å². The highest BCUT2D eigenvalue weighted by Gasteiger charge is 2.12. The molecule has 0 N–H and O–H groups in total. The average molecular weight is 199 g/mol. The van der Waals surface area contributed by atoms with Crippen molar-refractivity contribution in [2.45, 2.75) is 13.8 Å². The van der Waals surface area contributed by atoms with Crippen molar-refractivity contribution in [3.63, 3.8) is 0 Å². The maximum Gasteiger partial charge on any atom is 0.129 e. The first-order valence-corrected chi connectivity index (χ1v) is 5.22. The first-order chi connectivity index (χ1) is 6.68. The van der Waals surface area contributed by atoms with Gasteiger partial charge in [-0.25, -0.2) is 0 Å². The van der Waals surface area contributed by atoms with Crippen LogP contribution in [0.5, 0.6) is 0 Å². The molecule has 0 aromatic heterocycles. The van der Waals surface area contributed by atoms with Gasteiger partial charge in [-0.3, -0.25) is 4.90 Å². The molecule has 14 heavy (non-hydrogen) atoms. The minimum Gasteiger partial charge on any atom is -0.395 e. The topological polar surface area (TPSA) is 28.1 Å². The van der Waals surface area contributed by atoms with Crippen LogP contribution in [0.4, 0.5) is 0 Å². The Morgan fingerprint density at radius 3 is 2.43 bits per heavy atom. The van der Waals surface area contributed by atoms with E-state index in [-0.39, 0.29) is 0 Å².